The first-order valence-electron chi connectivity index (χ1n) is 7.10. The van der Waals surface area contributed by atoms with Crippen LogP contribution in [0.25, 0.3) is 0 Å². The summed E-state index contributed by atoms with van der Waals surface area (Å²) in [7, 11) is 0. The topological polar surface area (TPSA) is 41.1 Å². The molecule has 20 heavy (non-hydrogen) atoms. The quantitative estimate of drug-likeness (QED) is 0.901. The van der Waals surface area contributed by atoms with Crippen LogP contribution in [0.15, 0.2) is 18.2 Å². The molecule has 1 aliphatic carbocycles. The summed E-state index contributed by atoms with van der Waals surface area (Å²) in [6.07, 6.45) is 3.78. The largest absolute Gasteiger partial charge is 0.351 e. The number of piperidine rings is 1. The van der Waals surface area contributed by atoms with Crippen LogP contribution in [0.4, 0.5) is 0 Å². The number of halogens is 2. The van der Waals surface area contributed by atoms with Gasteiger partial charge in [0.1, 0.15) is 0 Å². The lowest BCUT2D eigenvalue weighted by Crippen LogP contribution is -2.48. The van der Waals surface area contributed by atoms with Crippen LogP contribution < -0.4 is 10.6 Å². The lowest BCUT2D eigenvalue weighted by molar-refractivity contribution is -0.124. The minimum atomic E-state index is -0.507. The molecule has 5 heteroatoms. The van der Waals surface area contributed by atoms with Crippen molar-refractivity contribution >= 4 is 29.1 Å². The molecule has 2 fully saturated rings. The number of carbonyl (C=O) groups excluding carboxylic acids is 1. The highest BCUT2D eigenvalue weighted by atomic mass is 35.5. The van der Waals surface area contributed by atoms with Gasteiger partial charge in [0.25, 0.3) is 0 Å². The fourth-order valence-electron chi connectivity index (χ4n) is 2.97. The van der Waals surface area contributed by atoms with Crippen LogP contribution in [0.3, 0.4) is 0 Å². The van der Waals surface area contributed by atoms with E-state index in [1.165, 1.54) is 0 Å². The van der Waals surface area contributed by atoms with E-state index in [9.17, 15) is 4.79 Å². The molecule has 1 amide bonds. The molecule has 3 nitrogen and oxygen atoms in total. The maximum Gasteiger partial charge on any atom is 0.231 e. The van der Waals surface area contributed by atoms with Crippen molar-refractivity contribution < 1.29 is 4.79 Å². The van der Waals surface area contributed by atoms with E-state index in [1.54, 1.807) is 12.1 Å². The summed E-state index contributed by atoms with van der Waals surface area (Å²) < 4.78 is 0. The summed E-state index contributed by atoms with van der Waals surface area (Å²) in [6.45, 7) is 1.88. The van der Waals surface area contributed by atoms with Gasteiger partial charge in [-0.3, -0.25) is 4.79 Å². The monoisotopic (exact) mass is 312 g/mol. The molecule has 1 saturated heterocycles. The van der Waals surface area contributed by atoms with E-state index >= 15 is 0 Å². The van der Waals surface area contributed by atoms with E-state index in [-0.39, 0.29) is 11.9 Å². The molecular weight excluding hydrogens is 295 g/mol. The lowest BCUT2D eigenvalue weighted by Gasteiger charge is -2.27. The van der Waals surface area contributed by atoms with Crippen molar-refractivity contribution in [1.29, 1.82) is 0 Å². The van der Waals surface area contributed by atoms with Gasteiger partial charge in [-0.2, -0.15) is 0 Å². The van der Waals surface area contributed by atoms with Crippen molar-refractivity contribution in [1.82, 2.24) is 10.6 Å². The molecular formula is C15H18Cl2N2O. The number of hydrogen-bond donors (Lipinski definition) is 2. The predicted molar refractivity (Wildman–Crippen MR) is 81.4 cm³/mol. The van der Waals surface area contributed by atoms with Gasteiger partial charge >= 0.3 is 0 Å². The summed E-state index contributed by atoms with van der Waals surface area (Å²) in [5, 5.41) is 7.64. The standard InChI is InChI=1S/C15H18Cl2N2O/c16-11-4-1-5-12(17)13(11)15(6-7-15)14(20)19-10-3-2-8-18-9-10/h1,4-5,10,18H,2-3,6-9H2,(H,19,20)/t10-/m0/s1. The number of amides is 1. The van der Waals surface area contributed by atoms with Gasteiger partial charge in [-0.25, -0.2) is 0 Å². The van der Waals surface area contributed by atoms with Gasteiger partial charge in [0.15, 0.2) is 0 Å². The van der Waals surface area contributed by atoms with Crippen molar-refractivity contribution in [2.24, 2.45) is 0 Å². The Kier molecular flexibility index (Phi) is 3.93. The smallest absolute Gasteiger partial charge is 0.231 e. The van der Waals surface area contributed by atoms with Gasteiger partial charge in [-0.05, 0) is 44.4 Å². The first-order chi connectivity index (χ1) is 9.63. The van der Waals surface area contributed by atoms with Crippen LogP contribution >= 0.6 is 23.2 Å². The summed E-state index contributed by atoms with van der Waals surface area (Å²) in [6, 6.07) is 5.64. The first kappa shape index (κ1) is 14.2. The summed E-state index contributed by atoms with van der Waals surface area (Å²) >= 11 is 12.5. The van der Waals surface area contributed by atoms with Gasteiger partial charge < -0.3 is 10.6 Å². The molecule has 3 rings (SSSR count). The molecule has 2 aliphatic rings. The Balaban J connectivity index is 1.79. The van der Waals surface area contributed by atoms with E-state index in [2.05, 4.69) is 10.6 Å². The summed E-state index contributed by atoms with van der Waals surface area (Å²) in [5.41, 5.74) is 0.289. The van der Waals surface area contributed by atoms with Crippen LogP contribution in [0.1, 0.15) is 31.2 Å². The minimum Gasteiger partial charge on any atom is -0.351 e. The third-order valence-electron chi connectivity index (χ3n) is 4.26. The Labute approximate surface area is 129 Å². The van der Waals surface area contributed by atoms with Crippen molar-refractivity contribution in [3.63, 3.8) is 0 Å². The first-order valence-corrected chi connectivity index (χ1v) is 7.85. The average Bonchev–Trinajstić information content (AvgIpc) is 3.21. The fourth-order valence-corrected chi connectivity index (χ4v) is 3.73. The van der Waals surface area contributed by atoms with Crippen molar-refractivity contribution in [2.45, 2.75) is 37.1 Å². The Morgan fingerprint density at radius 1 is 1.30 bits per heavy atom. The van der Waals surface area contributed by atoms with E-state index in [0.717, 1.165) is 44.3 Å². The van der Waals surface area contributed by atoms with Crippen molar-refractivity contribution in [3.05, 3.63) is 33.8 Å². The molecule has 0 radical (unpaired) electrons. The highest BCUT2D eigenvalue weighted by Gasteiger charge is 2.53. The number of nitrogens with one attached hydrogen (secondary N) is 2. The Hall–Kier alpha value is -0.770. The zero-order chi connectivity index (χ0) is 14.2. The van der Waals surface area contributed by atoms with Crippen LogP contribution in [-0.4, -0.2) is 25.0 Å². The number of benzene rings is 1. The van der Waals surface area contributed by atoms with E-state index < -0.39 is 5.41 Å². The van der Waals surface area contributed by atoms with Crippen LogP contribution in [0.5, 0.6) is 0 Å². The minimum absolute atomic E-state index is 0.0706. The third kappa shape index (κ3) is 2.54. The Morgan fingerprint density at radius 3 is 2.55 bits per heavy atom. The summed E-state index contributed by atoms with van der Waals surface area (Å²) in [4.78, 5) is 12.6. The molecule has 0 spiro atoms. The molecule has 1 atom stereocenters. The van der Waals surface area contributed by atoms with Crippen LogP contribution in [0.2, 0.25) is 10.0 Å². The van der Waals surface area contributed by atoms with Gasteiger partial charge in [0.2, 0.25) is 5.91 Å². The predicted octanol–water partition coefficient (Wildman–Crippen LogP) is 2.89. The zero-order valence-corrected chi connectivity index (χ0v) is 12.7. The molecule has 1 heterocycles. The normalized spacial score (nSPS) is 24.2. The maximum atomic E-state index is 12.6. The number of hydrogen-bond acceptors (Lipinski definition) is 2. The SMILES string of the molecule is O=C(N[C@H]1CCCNC1)C1(c2c(Cl)cccc2Cl)CC1. The molecule has 0 unspecified atom stereocenters. The van der Waals surface area contributed by atoms with Crippen molar-refractivity contribution in [3.8, 4) is 0 Å². The van der Waals surface area contributed by atoms with Gasteiger partial charge in [-0.15, -0.1) is 0 Å². The molecule has 1 saturated carbocycles. The molecule has 0 aromatic heterocycles. The highest BCUT2D eigenvalue weighted by Crippen LogP contribution is 2.53. The van der Waals surface area contributed by atoms with Gasteiger partial charge in [-0.1, -0.05) is 29.3 Å². The van der Waals surface area contributed by atoms with E-state index in [0.29, 0.717) is 10.0 Å². The van der Waals surface area contributed by atoms with Gasteiger partial charge in [0, 0.05) is 28.2 Å². The lowest BCUT2D eigenvalue weighted by atomic mass is 9.94. The molecule has 2 N–H and O–H groups in total. The third-order valence-corrected chi connectivity index (χ3v) is 4.89. The molecule has 1 aliphatic heterocycles. The second-order valence-electron chi connectivity index (χ2n) is 5.70. The molecule has 0 bridgehead atoms. The molecule has 1 aromatic carbocycles. The number of rotatable bonds is 3. The second-order valence-corrected chi connectivity index (χ2v) is 6.51. The van der Waals surface area contributed by atoms with E-state index in [1.807, 2.05) is 6.07 Å². The molecule has 1 aromatic rings. The van der Waals surface area contributed by atoms with Crippen molar-refractivity contribution in [2.75, 3.05) is 13.1 Å². The highest BCUT2D eigenvalue weighted by molar-refractivity contribution is 6.36. The van der Waals surface area contributed by atoms with Crippen LogP contribution in [0, 0.1) is 0 Å². The Morgan fingerprint density at radius 2 is 2.00 bits per heavy atom. The number of carbonyl (C=O) groups is 1. The zero-order valence-electron chi connectivity index (χ0n) is 11.2. The van der Waals surface area contributed by atoms with Crippen LogP contribution in [-0.2, 0) is 10.2 Å². The Bertz CT molecular complexity index is 502. The average molecular weight is 313 g/mol. The summed E-state index contributed by atoms with van der Waals surface area (Å²) in [5.74, 6) is 0.0706. The second kappa shape index (κ2) is 5.55. The maximum absolute atomic E-state index is 12.6. The molecule has 108 valence electrons. The van der Waals surface area contributed by atoms with E-state index in [4.69, 9.17) is 23.2 Å². The fraction of sp³-hybridized carbons (Fsp3) is 0.533. The van der Waals surface area contributed by atoms with Gasteiger partial charge in [0.05, 0.1) is 5.41 Å².